The quantitative estimate of drug-likeness (QED) is 0.464. The molecule has 2 aromatic heterocycles. The number of aromatic nitrogens is 2. The minimum Gasteiger partial charge on any atom is -0.362 e. The van der Waals surface area contributed by atoms with Crippen LogP contribution >= 0.6 is 27.9 Å². The molecule has 3 heterocycles. The third-order valence-corrected chi connectivity index (χ3v) is 6.39. The zero-order chi connectivity index (χ0) is 19.4. The molecule has 0 spiro atoms. The van der Waals surface area contributed by atoms with Gasteiger partial charge in [-0.3, -0.25) is 5.14 Å². The van der Waals surface area contributed by atoms with E-state index in [4.69, 9.17) is 5.14 Å². The molecule has 0 radical (unpaired) electrons. The normalized spacial score (nSPS) is 20.6. The summed E-state index contributed by atoms with van der Waals surface area (Å²) >= 11 is 4.66. The van der Waals surface area contributed by atoms with E-state index in [1.54, 1.807) is 0 Å². The first kappa shape index (κ1) is 20.6. The van der Waals surface area contributed by atoms with Gasteiger partial charge in [-0.05, 0) is 98.2 Å². The zero-order valence-electron chi connectivity index (χ0n) is 16.2. The fourth-order valence-corrected chi connectivity index (χ4v) is 4.47. The molecule has 3 N–H and O–H groups in total. The van der Waals surface area contributed by atoms with Crippen LogP contribution in [0.2, 0.25) is 0 Å². The van der Waals surface area contributed by atoms with Crippen LogP contribution in [-0.4, -0.2) is 34.0 Å². The summed E-state index contributed by atoms with van der Waals surface area (Å²) < 4.78 is 0.854. The van der Waals surface area contributed by atoms with E-state index in [2.05, 4.69) is 63.1 Å². The van der Waals surface area contributed by atoms with Crippen molar-refractivity contribution in [1.82, 2.24) is 14.9 Å². The molecule has 1 aliphatic heterocycles. The number of anilines is 1. The second kappa shape index (κ2) is 8.90. The number of hydrogen-bond donors (Lipinski definition) is 2. The van der Waals surface area contributed by atoms with Gasteiger partial charge >= 0.3 is 0 Å². The number of nitrogens with zero attached hydrogens (tertiary/aromatic N) is 3. The maximum atomic E-state index is 5.66. The molecule has 0 aliphatic carbocycles. The molecule has 1 aliphatic rings. The zero-order valence-corrected chi connectivity index (χ0v) is 18.6. The molecule has 0 saturated carbocycles. The van der Waals surface area contributed by atoms with Crippen molar-refractivity contribution in [3.8, 4) is 0 Å². The molecular formula is C20H28BrN5S. The van der Waals surface area contributed by atoms with Gasteiger partial charge in [0.2, 0.25) is 0 Å². The van der Waals surface area contributed by atoms with Crippen molar-refractivity contribution >= 4 is 33.7 Å². The number of pyridine rings is 2. The highest BCUT2D eigenvalue weighted by Crippen LogP contribution is 2.35. The molecule has 0 aromatic carbocycles. The number of likely N-dealkylation sites (tertiary alicyclic amines) is 1. The fraction of sp³-hybridized carbons (Fsp3) is 0.500. The van der Waals surface area contributed by atoms with Crippen LogP contribution in [0.5, 0.6) is 0 Å². The molecule has 3 rings (SSSR count). The summed E-state index contributed by atoms with van der Waals surface area (Å²) in [5.41, 5.74) is 1.32. The Morgan fingerprint density at radius 3 is 2.74 bits per heavy atom. The van der Waals surface area contributed by atoms with Crippen molar-refractivity contribution in [2.75, 3.05) is 18.9 Å². The van der Waals surface area contributed by atoms with Gasteiger partial charge in [-0.25, -0.2) is 9.97 Å². The predicted molar refractivity (Wildman–Crippen MR) is 117 cm³/mol. The standard InChI is InChI=1S/C20H28BrN5S/c1-20(2)12-14(13-26(20)3)10-11-16(15-6-4-7-17(21)23-15)24-18-8-5-9-19(25-18)27-22/h4-9,14,16H,10-13,22H2,1-3H3,(H,24,25). The third kappa shape index (κ3) is 5.44. The second-order valence-corrected chi connectivity index (χ2v) is 9.37. The van der Waals surface area contributed by atoms with Gasteiger partial charge < -0.3 is 10.2 Å². The van der Waals surface area contributed by atoms with E-state index in [1.165, 1.54) is 6.42 Å². The summed E-state index contributed by atoms with van der Waals surface area (Å²) in [6.45, 7) is 5.82. The average Bonchev–Trinajstić information content (AvgIpc) is 2.90. The Bertz CT molecular complexity index is 770. The van der Waals surface area contributed by atoms with Gasteiger partial charge in [0.1, 0.15) is 15.4 Å². The van der Waals surface area contributed by atoms with Crippen molar-refractivity contribution in [3.63, 3.8) is 0 Å². The number of rotatable bonds is 7. The van der Waals surface area contributed by atoms with Crippen molar-refractivity contribution in [1.29, 1.82) is 0 Å². The lowest BCUT2D eigenvalue weighted by Gasteiger charge is -2.26. The molecule has 2 atom stereocenters. The Morgan fingerprint density at radius 2 is 2.07 bits per heavy atom. The van der Waals surface area contributed by atoms with Crippen LogP contribution in [0.25, 0.3) is 0 Å². The first-order valence-electron chi connectivity index (χ1n) is 9.31. The molecule has 1 fully saturated rings. The van der Waals surface area contributed by atoms with Crippen LogP contribution in [0.4, 0.5) is 5.82 Å². The van der Waals surface area contributed by atoms with Crippen LogP contribution < -0.4 is 10.5 Å². The van der Waals surface area contributed by atoms with E-state index >= 15 is 0 Å². The van der Waals surface area contributed by atoms with Gasteiger partial charge in [-0.2, -0.15) is 0 Å². The van der Waals surface area contributed by atoms with Crippen LogP contribution in [0.3, 0.4) is 0 Å². The Kier molecular flexibility index (Phi) is 6.78. The summed E-state index contributed by atoms with van der Waals surface area (Å²) in [5.74, 6) is 1.54. The number of nitrogens with one attached hydrogen (secondary N) is 1. The molecule has 1 saturated heterocycles. The summed E-state index contributed by atoms with van der Waals surface area (Å²) in [4.78, 5) is 11.7. The van der Waals surface area contributed by atoms with Gasteiger partial charge in [0.05, 0.1) is 11.7 Å². The first-order valence-corrected chi connectivity index (χ1v) is 11.0. The van der Waals surface area contributed by atoms with Crippen molar-refractivity contribution in [2.45, 2.75) is 49.7 Å². The summed E-state index contributed by atoms with van der Waals surface area (Å²) in [7, 11) is 2.23. The van der Waals surface area contributed by atoms with Crippen molar-refractivity contribution in [2.24, 2.45) is 11.1 Å². The van der Waals surface area contributed by atoms with Gasteiger partial charge in [0.25, 0.3) is 0 Å². The van der Waals surface area contributed by atoms with Gasteiger partial charge in [0.15, 0.2) is 0 Å². The van der Waals surface area contributed by atoms with Gasteiger partial charge in [-0.15, -0.1) is 0 Å². The van der Waals surface area contributed by atoms with E-state index in [-0.39, 0.29) is 11.6 Å². The van der Waals surface area contributed by atoms with E-state index in [9.17, 15) is 0 Å². The molecule has 146 valence electrons. The molecule has 2 unspecified atom stereocenters. The average molecular weight is 450 g/mol. The lowest BCUT2D eigenvalue weighted by atomic mass is 9.91. The molecule has 0 amide bonds. The van der Waals surface area contributed by atoms with Crippen molar-refractivity contribution < 1.29 is 0 Å². The largest absolute Gasteiger partial charge is 0.362 e. The molecule has 5 nitrogen and oxygen atoms in total. The minimum absolute atomic E-state index is 0.113. The monoisotopic (exact) mass is 449 g/mol. The number of hydrogen-bond acceptors (Lipinski definition) is 6. The molecular weight excluding hydrogens is 422 g/mol. The maximum absolute atomic E-state index is 5.66. The third-order valence-electron chi connectivity index (χ3n) is 5.48. The fourth-order valence-electron chi connectivity index (χ4n) is 3.81. The van der Waals surface area contributed by atoms with E-state index in [0.717, 1.165) is 52.5 Å². The Morgan fingerprint density at radius 1 is 1.30 bits per heavy atom. The summed E-state index contributed by atoms with van der Waals surface area (Å²) in [6.07, 6.45) is 3.41. The Hall–Kier alpha value is -1.15. The van der Waals surface area contributed by atoms with E-state index in [0.29, 0.717) is 5.92 Å². The maximum Gasteiger partial charge on any atom is 0.127 e. The van der Waals surface area contributed by atoms with E-state index < -0.39 is 0 Å². The van der Waals surface area contributed by atoms with Gasteiger partial charge in [-0.1, -0.05) is 12.1 Å². The first-order chi connectivity index (χ1) is 12.9. The highest BCUT2D eigenvalue weighted by Gasteiger charge is 2.35. The summed E-state index contributed by atoms with van der Waals surface area (Å²) in [6, 6.07) is 12.1. The summed E-state index contributed by atoms with van der Waals surface area (Å²) in [5, 5.41) is 10.0. The van der Waals surface area contributed by atoms with E-state index in [1.807, 2.05) is 30.3 Å². The van der Waals surface area contributed by atoms with Crippen LogP contribution in [0.15, 0.2) is 46.0 Å². The molecule has 2 aromatic rings. The molecule has 0 bridgehead atoms. The van der Waals surface area contributed by atoms with Gasteiger partial charge in [0, 0.05) is 12.1 Å². The van der Waals surface area contributed by atoms with Crippen LogP contribution in [0, 0.1) is 5.92 Å². The van der Waals surface area contributed by atoms with Crippen LogP contribution in [0.1, 0.15) is 44.8 Å². The lowest BCUT2D eigenvalue weighted by Crippen LogP contribution is -2.34. The highest BCUT2D eigenvalue weighted by atomic mass is 79.9. The lowest BCUT2D eigenvalue weighted by molar-refractivity contribution is 0.218. The smallest absolute Gasteiger partial charge is 0.127 e. The Labute approximate surface area is 174 Å². The topological polar surface area (TPSA) is 67.1 Å². The van der Waals surface area contributed by atoms with Crippen molar-refractivity contribution in [3.05, 3.63) is 46.7 Å². The Balaban J connectivity index is 1.74. The highest BCUT2D eigenvalue weighted by molar-refractivity contribution is 9.10. The molecule has 27 heavy (non-hydrogen) atoms. The number of nitrogens with two attached hydrogens (primary N) is 1. The molecule has 7 heteroatoms. The number of halogens is 1. The predicted octanol–water partition coefficient (Wildman–Crippen LogP) is 4.87. The SMILES string of the molecule is CN1CC(CCC(Nc2cccc(SN)n2)c2cccc(Br)n2)CC1(C)C. The van der Waals surface area contributed by atoms with Crippen LogP contribution in [-0.2, 0) is 0 Å². The minimum atomic E-state index is 0.113. The second-order valence-electron chi connectivity index (χ2n) is 7.90.